The van der Waals surface area contributed by atoms with E-state index in [4.69, 9.17) is 11.4 Å². The molecule has 0 aliphatic heterocycles. The van der Waals surface area contributed by atoms with Crippen LogP contribution in [0.2, 0.25) is 0 Å². The molecule has 0 spiro atoms. The van der Waals surface area contributed by atoms with E-state index in [0.717, 1.165) is 6.07 Å². The van der Waals surface area contributed by atoms with Gasteiger partial charge >= 0.3 is 7.12 Å². The predicted octanol–water partition coefficient (Wildman–Crippen LogP) is -0.186. The molecular weight excluding hydrogens is 146 g/mol. The predicted molar refractivity (Wildman–Crippen MR) is 41.0 cm³/mol. The Hall–Kier alpha value is -0.865. The standard InChI is InChI=1S/C7H8BFO2/c1-5-2-3-6(8(10)11)7(9)4-5/h2-4,10-11H,1H3/i1D. The minimum Gasteiger partial charge on any atom is -0.423 e. The average Bonchev–Trinajstić information content (AvgIpc) is 2.03. The third kappa shape index (κ3) is 1.79. The van der Waals surface area contributed by atoms with Crippen LogP contribution in [0.1, 0.15) is 6.93 Å². The van der Waals surface area contributed by atoms with Crippen LogP contribution < -0.4 is 5.46 Å². The summed E-state index contributed by atoms with van der Waals surface area (Å²) in [6, 6.07) is 3.89. The van der Waals surface area contributed by atoms with Crippen LogP contribution in [0.3, 0.4) is 0 Å². The third-order valence-electron chi connectivity index (χ3n) is 1.34. The van der Waals surface area contributed by atoms with Crippen molar-refractivity contribution in [2.24, 2.45) is 0 Å². The van der Waals surface area contributed by atoms with Gasteiger partial charge in [0.05, 0.1) is 0 Å². The monoisotopic (exact) mass is 155 g/mol. The minimum atomic E-state index is -1.79. The van der Waals surface area contributed by atoms with Crippen molar-refractivity contribution in [1.29, 1.82) is 0 Å². The Morgan fingerprint density at radius 1 is 1.55 bits per heavy atom. The van der Waals surface area contributed by atoms with Crippen LogP contribution >= 0.6 is 0 Å². The van der Waals surface area contributed by atoms with E-state index in [9.17, 15) is 4.39 Å². The lowest BCUT2D eigenvalue weighted by Gasteiger charge is -2.00. The molecule has 2 N–H and O–H groups in total. The molecule has 0 amide bonds. The number of halogens is 1. The summed E-state index contributed by atoms with van der Waals surface area (Å²) in [5, 5.41) is 17.3. The molecule has 2 nitrogen and oxygen atoms in total. The zero-order chi connectivity index (χ0) is 9.14. The van der Waals surface area contributed by atoms with E-state index in [1.54, 1.807) is 0 Å². The minimum absolute atomic E-state index is 0.0152. The highest BCUT2D eigenvalue weighted by Gasteiger charge is 2.15. The Kier molecular flexibility index (Phi) is 1.88. The molecule has 0 aromatic heterocycles. The van der Waals surface area contributed by atoms with Crippen LogP contribution in [-0.4, -0.2) is 17.2 Å². The zero-order valence-electron chi connectivity index (χ0n) is 6.79. The van der Waals surface area contributed by atoms with Gasteiger partial charge in [0.1, 0.15) is 5.82 Å². The summed E-state index contributed by atoms with van der Waals surface area (Å²) in [6.45, 7) is -0.0152. The normalized spacial score (nSPS) is 11.0. The topological polar surface area (TPSA) is 40.5 Å². The van der Waals surface area contributed by atoms with Crippen molar-refractivity contribution in [2.45, 2.75) is 6.90 Å². The molecule has 0 atom stereocenters. The zero-order valence-corrected chi connectivity index (χ0v) is 5.79. The fraction of sp³-hybridized carbons (Fsp3) is 0.143. The average molecular weight is 155 g/mol. The van der Waals surface area contributed by atoms with Gasteiger partial charge in [-0.2, -0.15) is 0 Å². The number of hydrogen-bond donors (Lipinski definition) is 2. The quantitative estimate of drug-likeness (QED) is 0.552. The number of rotatable bonds is 1. The van der Waals surface area contributed by atoms with Crippen LogP contribution in [0.15, 0.2) is 18.2 Å². The fourth-order valence-corrected chi connectivity index (χ4v) is 0.780. The van der Waals surface area contributed by atoms with Gasteiger partial charge in [-0.3, -0.25) is 0 Å². The molecule has 11 heavy (non-hydrogen) atoms. The van der Waals surface area contributed by atoms with E-state index in [2.05, 4.69) is 0 Å². The first-order valence-electron chi connectivity index (χ1n) is 3.79. The van der Waals surface area contributed by atoms with E-state index in [1.165, 1.54) is 12.1 Å². The highest BCUT2D eigenvalue weighted by Crippen LogP contribution is 1.99. The van der Waals surface area contributed by atoms with Crippen LogP contribution in [-0.2, 0) is 0 Å². The van der Waals surface area contributed by atoms with Crippen LogP contribution in [0.5, 0.6) is 0 Å². The lowest BCUT2D eigenvalue weighted by molar-refractivity contribution is 0.423. The summed E-state index contributed by atoms with van der Waals surface area (Å²) in [6.07, 6.45) is 0. The van der Waals surface area contributed by atoms with Gasteiger partial charge in [0.15, 0.2) is 0 Å². The molecule has 0 radical (unpaired) electrons. The lowest BCUT2D eigenvalue weighted by Crippen LogP contribution is -2.32. The van der Waals surface area contributed by atoms with E-state index >= 15 is 0 Å². The summed E-state index contributed by atoms with van der Waals surface area (Å²) >= 11 is 0. The van der Waals surface area contributed by atoms with Crippen molar-refractivity contribution in [3.63, 3.8) is 0 Å². The van der Waals surface area contributed by atoms with E-state index < -0.39 is 12.9 Å². The molecule has 0 heterocycles. The van der Waals surface area contributed by atoms with Gasteiger partial charge in [-0.1, -0.05) is 12.1 Å². The molecule has 4 heteroatoms. The van der Waals surface area contributed by atoms with Gasteiger partial charge in [0.25, 0.3) is 0 Å². The van der Waals surface area contributed by atoms with Gasteiger partial charge in [0, 0.05) is 6.83 Å². The van der Waals surface area contributed by atoms with E-state index in [1.807, 2.05) is 0 Å². The molecule has 0 aliphatic carbocycles. The smallest absolute Gasteiger partial charge is 0.423 e. The summed E-state index contributed by atoms with van der Waals surface area (Å²) in [4.78, 5) is 0. The van der Waals surface area contributed by atoms with Crippen LogP contribution in [0.25, 0.3) is 0 Å². The Morgan fingerprint density at radius 3 is 2.73 bits per heavy atom. The summed E-state index contributed by atoms with van der Waals surface area (Å²) in [5.74, 6) is -0.685. The van der Waals surface area contributed by atoms with Crippen molar-refractivity contribution in [2.75, 3.05) is 0 Å². The Bertz CT molecular complexity index is 280. The molecule has 0 bridgehead atoms. The van der Waals surface area contributed by atoms with Gasteiger partial charge < -0.3 is 10.0 Å². The second kappa shape index (κ2) is 3.03. The highest BCUT2D eigenvalue weighted by atomic mass is 19.1. The summed E-state index contributed by atoms with van der Waals surface area (Å²) in [5.41, 5.74) is 0.351. The molecule has 1 aromatic carbocycles. The first kappa shape index (κ1) is 6.82. The maximum absolute atomic E-state index is 12.9. The molecule has 0 saturated heterocycles. The summed E-state index contributed by atoms with van der Waals surface area (Å²) in [7, 11) is -1.79. The van der Waals surface area contributed by atoms with Gasteiger partial charge in [0.2, 0.25) is 0 Å². The van der Waals surface area contributed by atoms with Gasteiger partial charge in [-0.05, 0) is 18.5 Å². The molecule has 1 rings (SSSR count). The van der Waals surface area contributed by atoms with Crippen LogP contribution in [0.4, 0.5) is 4.39 Å². The molecule has 0 aliphatic rings. The second-order valence-electron chi connectivity index (χ2n) is 2.23. The van der Waals surface area contributed by atoms with Crippen molar-refractivity contribution in [3.8, 4) is 0 Å². The lowest BCUT2D eigenvalue weighted by atomic mass is 9.79. The molecule has 1 aromatic rings. The Balaban J connectivity index is 3.03. The maximum atomic E-state index is 12.9. The Morgan fingerprint density at radius 2 is 2.27 bits per heavy atom. The number of benzene rings is 1. The van der Waals surface area contributed by atoms with Crippen molar-refractivity contribution >= 4 is 12.6 Å². The van der Waals surface area contributed by atoms with Gasteiger partial charge in [-0.15, -0.1) is 0 Å². The van der Waals surface area contributed by atoms with Crippen molar-refractivity contribution in [3.05, 3.63) is 29.6 Å². The maximum Gasteiger partial charge on any atom is 0.491 e. The molecular formula is C7H8BFO2. The van der Waals surface area contributed by atoms with E-state index in [-0.39, 0.29) is 12.4 Å². The molecule has 0 saturated carbocycles. The molecule has 0 unspecified atom stereocenters. The van der Waals surface area contributed by atoms with Crippen molar-refractivity contribution in [1.82, 2.24) is 0 Å². The summed E-state index contributed by atoms with van der Waals surface area (Å²) < 4.78 is 19.8. The second-order valence-corrected chi connectivity index (χ2v) is 2.23. The number of hydrogen-bond acceptors (Lipinski definition) is 2. The van der Waals surface area contributed by atoms with E-state index in [0.29, 0.717) is 5.56 Å². The third-order valence-corrected chi connectivity index (χ3v) is 1.34. The first-order valence-corrected chi connectivity index (χ1v) is 3.09. The highest BCUT2D eigenvalue weighted by molar-refractivity contribution is 6.58. The molecule has 58 valence electrons. The van der Waals surface area contributed by atoms with Crippen LogP contribution in [0, 0.1) is 12.7 Å². The molecule has 0 fully saturated rings. The largest absolute Gasteiger partial charge is 0.491 e. The first-order chi connectivity index (χ1) is 5.65. The number of aryl methyl sites for hydroxylation is 1. The van der Waals surface area contributed by atoms with Crippen molar-refractivity contribution < 1.29 is 15.8 Å². The fourth-order valence-electron chi connectivity index (χ4n) is 0.780. The van der Waals surface area contributed by atoms with Gasteiger partial charge in [-0.25, -0.2) is 4.39 Å². The SMILES string of the molecule is [2H]Cc1ccc(B(O)O)c(F)c1. The Labute approximate surface area is 65.8 Å².